The second kappa shape index (κ2) is 7.25. The fraction of sp³-hybridized carbons (Fsp3) is 0.261. The van der Waals surface area contributed by atoms with Crippen LogP contribution < -0.4 is 5.56 Å². The van der Waals surface area contributed by atoms with Crippen LogP contribution in [-0.4, -0.2) is 20.5 Å². The highest BCUT2D eigenvalue weighted by molar-refractivity contribution is 7.18. The number of fused-ring (bicyclic) bond motifs is 3. The number of carbonyl (C=O) groups excluding carboxylic acids is 1. The van der Waals surface area contributed by atoms with E-state index in [1.54, 1.807) is 11.3 Å². The summed E-state index contributed by atoms with van der Waals surface area (Å²) >= 11 is 1.58. The number of hydrogen-bond donors (Lipinski definition) is 1. The molecule has 0 radical (unpaired) electrons. The highest BCUT2D eigenvalue weighted by Gasteiger charge is 2.22. The number of aromatic nitrogens is 3. The molecule has 1 aliphatic rings. The third-order valence-electron chi connectivity index (χ3n) is 5.63. The van der Waals surface area contributed by atoms with E-state index in [1.807, 2.05) is 54.8 Å². The summed E-state index contributed by atoms with van der Waals surface area (Å²) in [5, 5.41) is 0.703. The number of ether oxygens (including phenoxy) is 1. The molecule has 6 nitrogen and oxygen atoms in total. The molecular formula is C23H21N3O3S. The molecule has 4 aromatic rings. The first-order valence-corrected chi connectivity index (χ1v) is 10.8. The Kier molecular flexibility index (Phi) is 4.55. The number of H-pyrrole nitrogens is 1. The molecule has 0 aliphatic heterocycles. The Labute approximate surface area is 177 Å². The molecule has 1 aromatic carbocycles. The van der Waals surface area contributed by atoms with Gasteiger partial charge >= 0.3 is 5.97 Å². The van der Waals surface area contributed by atoms with Crippen LogP contribution in [0.3, 0.4) is 0 Å². The third kappa shape index (κ3) is 3.06. The lowest BCUT2D eigenvalue weighted by atomic mass is 10.2. The lowest BCUT2D eigenvalue weighted by molar-refractivity contribution is 0.0461. The smallest absolute Gasteiger partial charge is 0.340 e. The van der Waals surface area contributed by atoms with Crippen molar-refractivity contribution in [2.24, 2.45) is 0 Å². The number of nitrogens with one attached hydrogen (secondary N) is 1. The van der Waals surface area contributed by atoms with Crippen molar-refractivity contribution >= 4 is 27.5 Å². The summed E-state index contributed by atoms with van der Waals surface area (Å²) in [6, 6.07) is 11.7. The summed E-state index contributed by atoms with van der Waals surface area (Å²) in [6.07, 6.45) is 3.04. The fourth-order valence-electron chi connectivity index (χ4n) is 4.27. The van der Waals surface area contributed by atoms with Gasteiger partial charge in [0.05, 0.1) is 10.9 Å². The number of aryl methyl sites for hydroxylation is 3. The lowest BCUT2D eigenvalue weighted by Gasteiger charge is -2.09. The molecule has 152 valence electrons. The molecule has 7 heteroatoms. The summed E-state index contributed by atoms with van der Waals surface area (Å²) in [4.78, 5) is 34.6. The number of rotatable bonds is 4. The molecule has 0 atom stereocenters. The van der Waals surface area contributed by atoms with Gasteiger partial charge in [-0.3, -0.25) is 4.79 Å². The van der Waals surface area contributed by atoms with Gasteiger partial charge < -0.3 is 14.3 Å². The van der Waals surface area contributed by atoms with Gasteiger partial charge in [-0.15, -0.1) is 11.3 Å². The van der Waals surface area contributed by atoms with Crippen LogP contribution in [0, 0.1) is 13.8 Å². The first-order chi connectivity index (χ1) is 14.5. The van der Waals surface area contributed by atoms with Crippen molar-refractivity contribution < 1.29 is 9.53 Å². The number of esters is 1. The molecule has 0 spiro atoms. The molecule has 1 aliphatic carbocycles. The first kappa shape index (κ1) is 18.8. The van der Waals surface area contributed by atoms with E-state index in [4.69, 9.17) is 4.74 Å². The Morgan fingerprint density at radius 2 is 2.03 bits per heavy atom. The monoisotopic (exact) mass is 419 g/mol. The summed E-state index contributed by atoms with van der Waals surface area (Å²) in [5.74, 6) is -0.0562. The minimum Gasteiger partial charge on any atom is -0.454 e. The topological polar surface area (TPSA) is 77.0 Å². The van der Waals surface area contributed by atoms with E-state index in [0.717, 1.165) is 46.7 Å². The molecule has 1 N–H and O–H groups in total. The Morgan fingerprint density at radius 3 is 2.83 bits per heavy atom. The summed E-state index contributed by atoms with van der Waals surface area (Å²) in [7, 11) is 0. The van der Waals surface area contributed by atoms with Crippen molar-refractivity contribution in [1.82, 2.24) is 14.5 Å². The van der Waals surface area contributed by atoms with E-state index in [1.165, 1.54) is 4.88 Å². The maximum atomic E-state index is 12.7. The maximum absolute atomic E-state index is 12.7. The fourth-order valence-corrected chi connectivity index (χ4v) is 5.55. The van der Waals surface area contributed by atoms with Crippen molar-refractivity contribution in [3.8, 4) is 5.69 Å². The SMILES string of the molecule is Cc1cc(C(=O)OCc2nc3sc4c(c3c(=O)[nH]2)CCC4)c(C)n1-c1ccccc1. The average molecular weight is 420 g/mol. The molecular weight excluding hydrogens is 398 g/mol. The van der Waals surface area contributed by atoms with Crippen LogP contribution in [-0.2, 0) is 24.2 Å². The van der Waals surface area contributed by atoms with Gasteiger partial charge in [0.1, 0.15) is 17.3 Å². The number of nitrogens with zero attached hydrogens (tertiary/aromatic N) is 2. The predicted octanol–water partition coefficient (Wildman–Crippen LogP) is 4.24. The summed E-state index contributed by atoms with van der Waals surface area (Å²) in [5.41, 5.74) is 4.26. The molecule has 3 heterocycles. The number of para-hydroxylation sites is 1. The Hall–Kier alpha value is -3.19. The number of hydrogen-bond acceptors (Lipinski definition) is 5. The molecule has 0 saturated heterocycles. The second-order valence-electron chi connectivity index (χ2n) is 7.58. The zero-order chi connectivity index (χ0) is 20.8. The Bertz CT molecular complexity index is 1330. The van der Waals surface area contributed by atoms with E-state index in [2.05, 4.69) is 9.97 Å². The summed E-state index contributed by atoms with van der Waals surface area (Å²) < 4.78 is 7.52. The van der Waals surface area contributed by atoms with Crippen LogP contribution in [0.1, 0.15) is 44.4 Å². The molecule has 0 saturated carbocycles. The van der Waals surface area contributed by atoms with Crippen molar-refractivity contribution in [1.29, 1.82) is 0 Å². The number of benzene rings is 1. The highest BCUT2D eigenvalue weighted by Crippen LogP contribution is 2.34. The van der Waals surface area contributed by atoms with Gasteiger partial charge in [-0.25, -0.2) is 9.78 Å². The van der Waals surface area contributed by atoms with Crippen molar-refractivity contribution in [3.05, 3.63) is 80.0 Å². The quantitative estimate of drug-likeness (QED) is 0.502. The number of carbonyl (C=O) groups is 1. The zero-order valence-electron chi connectivity index (χ0n) is 16.8. The van der Waals surface area contributed by atoms with Crippen LogP contribution in [0.5, 0.6) is 0 Å². The molecule has 0 bridgehead atoms. The van der Waals surface area contributed by atoms with Gasteiger partial charge in [0.25, 0.3) is 5.56 Å². The largest absolute Gasteiger partial charge is 0.454 e. The predicted molar refractivity (Wildman–Crippen MR) is 117 cm³/mol. The lowest BCUT2D eigenvalue weighted by Crippen LogP contribution is -2.14. The van der Waals surface area contributed by atoms with E-state index in [-0.39, 0.29) is 12.2 Å². The minimum absolute atomic E-state index is 0.0679. The minimum atomic E-state index is -0.429. The van der Waals surface area contributed by atoms with E-state index in [9.17, 15) is 9.59 Å². The summed E-state index contributed by atoms with van der Waals surface area (Å²) in [6.45, 7) is 3.79. The molecule has 0 amide bonds. The highest BCUT2D eigenvalue weighted by atomic mass is 32.1. The number of aromatic amines is 1. The molecule has 5 rings (SSSR count). The normalized spacial score (nSPS) is 13.0. The van der Waals surface area contributed by atoms with Crippen molar-refractivity contribution in [2.75, 3.05) is 0 Å². The van der Waals surface area contributed by atoms with Crippen LogP contribution in [0.4, 0.5) is 0 Å². The Morgan fingerprint density at radius 1 is 1.23 bits per heavy atom. The third-order valence-corrected chi connectivity index (χ3v) is 6.82. The van der Waals surface area contributed by atoms with Gasteiger partial charge in [0, 0.05) is 22.0 Å². The van der Waals surface area contributed by atoms with Crippen LogP contribution in [0.15, 0.2) is 41.2 Å². The van der Waals surface area contributed by atoms with Crippen molar-refractivity contribution in [2.45, 2.75) is 39.7 Å². The van der Waals surface area contributed by atoms with Gasteiger partial charge in [0.15, 0.2) is 0 Å². The first-order valence-electron chi connectivity index (χ1n) is 9.98. The molecule has 3 aromatic heterocycles. The average Bonchev–Trinajstić information content (AvgIpc) is 3.39. The molecule has 30 heavy (non-hydrogen) atoms. The Balaban J connectivity index is 1.39. The number of thiophene rings is 1. The van der Waals surface area contributed by atoms with Gasteiger partial charge in [-0.2, -0.15) is 0 Å². The van der Waals surface area contributed by atoms with E-state index < -0.39 is 5.97 Å². The standard InChI is InChI=1S/C23H21N3O3S/c1-13-11-17(14(2)26(13)15-7-4-3-5-8-15)23(28)29-12-19-24-21(27)20-16-9-6-10-18(16)30-22(20)25-19/h3-5,7-8,11H,6,9-10,12H2,1-2H3,(H,24,25,27). The van der Waals surface area contributed by atoms with E-state index in [0.29, 0.717) is 16.8 Å². The van der Waals surface area contributed by atoms with Gasteiger partial charge in [-0.05, 0) is 56.9 Å². The van der Waals surface area contributed by atoms with Crippen LogP contribution in [0.25, 0.3) is 15.9 Å². The van der Waals surface area contributed by atoms with Crippen molar-refractivity contribution in [3.63, 3.8) is 0 Å². The van der Waals surface area contributed by atoms with E-state index >= 15 is 0 Å². The van der Waals surface area contributed by atoms with Crippen LogP contribution in [0.2, 0.25) is 0 Å². The van der Waals surface area contributed by atoms with Gasteiger partial charge in [-0.1, -0.05) is 18.2 Å². The molecule has 0 unspecified atom stereocenters. The second-order valence-corrected chi connectivity index (χ2v) is 8.67. The molecule has 0 fully saturated rings. The van der Waals surface area contributed by atoms with Crippen LogP contribution >= 0.6 is 11.3 Å². The van der Waals surface area contributed by atoms with Gasteiger partial charge in [0.2, 0.25) is 0 Å². The zero-order valence-corrected chi connectivity index (χ0v) is 17.6. The maximum Gasteiger partial charge on any atom is 0.340 e.